The highest BCUT2D eigenvalue weighted by atomic mass is 32.2. The minimum Gasteiger partial charge on any atom is -0.494 e. The summed E-state index contributed by atoms with van der Waals surface area (Å²) in [6.07, 6.45) is 3.91. The van der Waals surface area contributed by atoms with E-state index < -0.39 is 15.7 Å². The molecule has 2 aromatic heterocycles. The van der Waals surface area contributed by atoms with E-state index in [2.05, 4.69) is 44.8 Å². The monoisotopic (exact) mass is 536 g/mol. The van der Waals surface area contributed by atoms with Crippen molar-refractivity contribution in [1.82, 2.24) is 14.5 Å². The molecule has 9 heteroatoms. The Morgan fingerprint density at radius 2 is 1.84 bits per heavy atom. The number of fused-ring (bicyclic) bond motifs is 1. The molecule has 1 aliphatic heterocycles. The summed E-state index contributed by atoms with van der Waals surface area (Å²) in [6.45, 7) is 2.06. The summed E-state index contributed by atoms with van der Waals surface area (Å²) in [7, 11) is 2.60. The largest absolute Gasteiger partial charge is 0.494 e. The van der Waals surface area contributed by atoms with Gasteiger partial charge in [0.25, 0.3) is 0 Å². The van der Waals surface area contributed by atoms with Crippen LogP contribution in [0.3, 0.4) is 0 Å². The first-order chi connectivity index (χ1) is 18.2. The molecule has 200 valence electrons. The first-order valence-corrected chi connectivity index (χ1v) is 14.6. The van der Waals surface area contributed by atoms with Crippen LogP contribution in [-0.4, -0.2) is 75.2 Å². The first kappa shape index (κ1) is 26.2. The lowest BCUT2D eigenvalue weighted by atomic mass is 10.1. The van der Waals surface area contributed by atoms with Crippen molar-refractivity contribution < 1.29 is 17.5 Å². The van der Waals surface area contributed by atoms with Crippen LogP contribution in [0.15, 0.2) is 60.8 Å². The Labute approximate surface area is 223 Å². The fourth-order valence-electron chi connectivity index (χ4n) is 4.94. The van der Waals surface area contributed by atoms with E-state index in [4.69, 9.17) is 9.72 Å². The zero-order valence-corrected chi connectivity index (χ0v) is 22.8. The average molecular weight is 537 g/mol. The molecule has 0 aliphatic carbocycles. The molecule has 4 aromatic rings. The number of aryl methyl sites for hydroxylation is 1. The molecule has 3 heterocycles. The summed E-state index contributed by atoms with van der Waals surface area (Å²) < 4.78 is 45.1. The van der Waals surface area contributed by atoms with Crippen LogP contribution in [0.25, 0.3) is 28.0 Å². The van der Waals surface area contributed by atoms with Crippen molar-refractivity contribution in [1.29, 1.82) is 0 Å². The Kier molecular flexibility index (Phi) is 7.40. The summed E-state index contributed by atoms with van der Waals surface area (Å²) in [5, 5.41) is 1.05. The van der Waals surface area contributed by atoms with Gasteiger partial charge in [-0.2, -0.15) is 0 Å². The van der Waals surface area contributed by atoms with Crippen LogP contribution in [0.5, 0.6) is 5.75 Å². The Morgan fingerprint density at radius 1 is 1.05 bits per heavy atom. The molecule has 0 radical (unpaired) electrons. The molecule has 0 amide bonds. The van der Waals surface area contributed by atoms with Gasteiger partial charge in [0.2, 0.25) is 0 Å². The molecule has 1 fully saturated rings. The number of aromatic nitrogens is 2. The number of halogens is 1. The quantitative estimate of drug-likeness (QED) is 0.329. The zero-order valence-electron chi connectivity index (χ0n) is 22.0. The second kappa shape index (κ2) is 10.7. The molecule has 0 spiro atoms. The maximum absolute atomic E-state index is 14.5. The molecule has 38 heavy (non-hydrogen) atoms. The predicted octanol–water partition coefficient (Wildman–Crippen LogP) is 4.57. The third kappa shape index (κ3) is 5.54. The van der Waals surface area contributed by atoms with Crippen LogP contribution in [0.1, 0.15) is 12.0 Å². The van der Waals surface area contributed by atoms with E-state index in [0.29, 0.717) is 24.3 Å². The van der Waals surface area contributed by atoms with Gasteiger partial charge in [-0.3, -0.25) is 0 Å². The Morgan fingerprint density at radius 3 is 2.55 bits per heavy atom. The summed E-state index contributed by atoms with van der Waals surface area (Å²) in [6, 6.07) is 17.2. The van der Waals surface area contributed by atoms with Crippen molar-refractivity contribution in [2.24, 2.45) is 0 Å². The van der Waals surface area contributed by atoms with E-state index in [1.54, 1.807) is 6.07 Å². The van der Waals surface area contributed by atoms with E-state index in [1.165, 1.54) is 18.7 Å². The van der Waals surface area contributed by atoms with E-state index in [0.717, 1.165) is 41.8 Å². The molecule has 7 nitrogen and oxygen atoms in total. The minimum absolute atomic E-state index is 0.201. The first-order valence-electron chi connectivity index (χ1n) is 12.8. The second-order valence-electron chi connectivity index (χ2n) is 9.95. The molecule has 1 saturated heterocycles. The van der Waals surface area contributed by atoms with E-state index >= 15 is 0 Å². The van der Waals surface area contributed by atoms with Gasteiger partial charge in [-0.05, 0) is 73.5 Å². The topological polar surface area (TPSA) is 67.7 Å². The van der Waals surface area contributed by atoms with Crippen LogP contribution in [0.4, 0.5) is 10.1 Å². The Balaban J connectivity index is 1.49. The van der Waals surface area contributed by atoms with E-state index in [9.17, 15) is 12.8 Å². The molecule has 2 aromatic carbocycles. The van der Waals surface area contributed by atoms with Gasteiger partial charge in [0.1, 0.15) is 5.65 Å². The van der Waals surface area contributed by atoms with Gasteiger partial charge in [0.15, 0.2) is 21.4 Å². The zero-order chi connectivity index (χ0) is 26.9. The second-order valence-corrected chi connectivity index (χ2v) is 12.3. The Bertz CT molecular complexity index is 1550. The number of pyridine rings is 1. The molecule has 0 atom stereocenters. The average Bonchev–Trinajstić information content (AvgIpc) is 3.27. The van der Waals surface area contributed by atoms with E-state index in [1.807, 2.05) is 32.3 Å². The van der Waals surface area contributed by atoms with Gasteiger partial charge in [0.05, 0.1) is 24.3 Å². The van der Waals surface area contributed by atoms with Gasteiger partial charge < -0.3 is 19.1 Å². The fourth-order valence-corrected chi connectivity index (χ4v) is 6.22. The van der Waals surface area contributed by atoms with Crippen molar-refractivity contribution >= 4 is 26.6 Å². The number of ether oxygens (including phenoxy) is 1. The molecule has 5 rings (SSSR count). The van der Waals surface area contributed by atoms with Crippen LogP contribution in [0.2, 0.25) is 0 Å². The van der Waals surface area contributed by atoms with Crippen LogP contribution in [-0.2, 0) is 16.3 Å². The number of sulfone groups is 1. The SMILES string of the molecule is COc1ccc(-c2ccc3c(CCCN4CCS(=O)(=O)CC4)cn(-c4cccc(N(C)C)c4)c3n2)cc1F. The smallest absolute Gasteiger partial charge is 0.165 e. The highest BCUT2D eigenvalue weighted by molar-refractivity contribution is 7.91. The third-order valence-electron chi connectivity index (χ3n) is 7.16. The van der Waals surface area contributed by atoms with Gasteiger partial charge in [0, 0.05) is 55.7 Å². The summed E-state index contributed by atoms with van der Waals surface area (Å²) >= 11 is 0. The van der Waals surface area contributed by atoms with Gasteiger partial charge in [-0.1, -0.05) is 6.07 Å². The highest BCUT2D eigenvalue weighted by Gasteiger charge is 2.21. The summed E-state index contributed by atoms with van der Waals surface area (Å²) in [5.74, 6) is 0.264. The maximum atomic E-state index is 14.5. The number of methoxy groups -OCH3 is 1. The van der Waals surface area contributed by atoms with Crippen molar-refractivity contribution in [3.05, 3.63) is 72.2 Å². The fraction of sp³-hybridized carbons (Fsp3) is 0.345. The highest BCUT2D eigenvalue weighted by Crippen LogP contribution is 2.30. The molecule has 0 bridgehead atoms. The predicted molar refractivity (Wildman–Crippen MR) is 151 cm³/mol. The van der Waals surface area contributed by atoms with Gasteiger partial charge in [-0.15, -0.1) is 0 Å². The van der Waals surface area contributed by atoms with Crippen LogP contribution < -0.4 is 9.64 Å². The summed E-state index contributed by atoms with van der Waals surface area (Å²) in [5.41, 5.74) is 5.44. The van der Waals surface area contributed by atoms with Gasteiger partial charge in [-0.25, -0.2) is 17.8 Å². The standard InChI is InChI=1S/C29H33FN4O3S/c1-32(2)23-7-4-8-24(19-23)34-20-22(6-5-13-33-14-16-38(35,36)17-15-33)25-10-11-27(31-29(25)34)21-9-12-28(37-3)26(30)18-21/h4,7-12,18-20H,5-6,13-17H2,1-3H3. The molecule has 0 saturated carbocycles. The number of hydrogen-bond donors (Lipinski definition) is 0. The molecule has 1 aliphatic rings. The van der Waals surface area contributed by atoms with Crippen molar-refractivity contribution in [3.8, 4) is 22.7 Å². The lowest BCUT2D eigenvalue weighted by Gasteiger charge is -2.26. The molecular weight excluding hydrogens is 503 g/mol. The van der Waals surface area contributed by atoms with Gasteiger partial charge >= 0.3 is 0 Å². The number of nitrogens with zero attached hydrogens (tertiary/aromatic N) is 4. The normalized spacial score (nSPS) is 15.6. The molecular formula is C29H33FN4O3S. The van der Waals surface area contributed by atoms with Crippen molar-refractivity contribution in [3.63, 3.8) is 0 Å². The van der Waals surface area contributed by atoms with E-state index in [-0.39, 0.29) is 17.3 Å². The minimum atomic E-state index is -2.88. The number of benzene rings is 2. The van der Waals surface area contributed by atoms with Crippen LogP contribution in [0, 0.1) is 5.82 Å². The third-order valence-corrected chi connectivity index (χ3v) is 8.77. The number of hydrogen-bond acceptors (Lipinski definition) is 6. The molecule has 0 N–H and O–H groups in total. The van der Waals surface area contributed by atoms with Crippen LogP contribution >= 0.6 is 0 Å². The van der Waals surface area contributed by atoms with Crippen molar-refractivity contribution in [2.75, 3.05) is 57.2 Å². The number of rotatable bonds is 8. The lowest BCUT2D eigenvalue weighted by Crippen LogP contribution is -2.40. The summed E-state index contributed by atoms with van der Waals surface area (Å²) in [4.78, 5) is 9.29. The number of anilines is 1. The van der Waals surface area contributed by atoms with Crippen molar-refractivity contribution in [2.45, 2.75) is 12.8 Å². The Hall–Kier alpha value is -3.43. The molecule has 0 unspecified atom stereocenters. The lowest BCUT2D eigenvalue weighted by molar-refractivity contribution is 0.292. The maximum Gasteiger partial charge on any atom is 0.165 e.